The monoisotopic (exact) mass is 286 g/mol. The molecule has 0 unspecified atom stereocenters. The number of amides is 1. The first kappa shape index (κ1) is 13.7. The standard InChI is InChI=1S/C14H18N6O/c15-8-10-2-1-3-12(10)14(21)16-11-6-4-9(5-7-11)13-17-19-20-18-13/h4-7,10,12H,1-3,8,15H2,(H,16,21)(H,17,18,19,20)/t10-,12-/m1/s1. The quantitative estimate of drug-likeness (QED) is 0.781. The topological polar surface area (TPSA) is 110 Å². The highest BCUT2D eigenvalue weighted by Gasteiger charge is 2.31. The molecule has 110 valence electrons. The second-order valence-corrected chi connectivity index (χ2v) is 5.34. The first-order chi connectivity index (χ1) is 10.3. The van der Waals surface area contributed by atoms with Crippen LogP contribution in [0.1, 0.15) is 19.3 Å². The maximum absolute atomic E-state index is 12.3. The fourth-order valence-electron chi connectivity index (χ4n) is 2.89. The van der Waals surface area contributed by atoms with Crippen LogP contribution in [0.25, 0.3) is 11.4 Å². The lowest BCUT2D eigenvalue weighted by Crippen LogP contribution is -2.29. The number of hydrogen-bond donors (Lipinski definition) is 3. The molecule has 2 aromatic rings. The van der Waals surface area contributed by atoms with Gasteiger partial charge < -0.3 is 11.1 Å². The Morgan fingerprint density at radius 1 is 1.33 bits per heavy atom. The molecule has 1 aromatic carbocycles. The number of aromatic amines is 1. The molecule has 21 heavy (non-hydrogen) atoms. The van der Waals surface area contributed by atoms with Gasteiger partial charge in [-0.25, -0.2) is 0 Å². The Kier molecular flexibility index (Phi) is 3.92. The molecule has 1 fully saturated rings. The summed E-state index contributed by atoms with van der Waals surface area (Å²) in [5, 5.41) is 16.7. The Balaban J connectivity index is 1.66. The number of anilines is 1. The average Bonchev–Trinajstić information content (AvgIpc) is 3.19. The van der Waals surface area contributed by atoms with Crippen molar-refractivity contribution in [2.24, 2.45) is 17.6 Å². The molecular formula is C14H18N6O. The van der Waals surface area contributed by atoms with Crippen LogP contribution in [0, 0.1) is 11.8 Å². The molecule has 1 aliphatic rings. The van der Waals surface area contributed by atoms with Gasteiger partial charge in [-0.15, -0.1) is 10.2 Å². The van der Waals surface area contributed by atoms with Crippen molar-refractivity contribution in [1.29, 1.82) is 0 Å². The minimum atomic E-state index is 0.0342. The van der Waals surface area contributed by atoms with E-state index in [1.54, 1.807) is 0 Å². The van der Waals surface area contributed by atoms with Crippen molar-refractivity contribution in [3.63, 3.8) is 0 Å². The van der Waals surface area contributed by atoms with Gasteiger partial charge in [0.15, 0.2) is 0 Å². The van der Waals surface area contributed by atoms with E-state index in [4.69, 9.17) is 5.73 Å². The van der Waals surface area contributed by atoms with Gasteiger partial charge in [0.05, 0.1) is 0 Å². The normalized spacial score (nSPS) is 21.4. The number of nitrogens with zero attached hydrogens (tertiary/aromatic N) is 3. The number of carbonyl (C=O) groups is 1. The highest BCUT2D eigenvalue weighted by Crippen LogP contribution is 2.32. The Morgan fingerprint density at radius 3 is 2.81 bits per heavy atom. The Hall–Kier alpha value is -2.28. The van der Waals surface area contributed by atoms with Crippen LogP contribution >= 0.6 is 0 Å². The fraction of sp³-hybridized carbons (Fsp3) is 0.429. The number of benzene rings is 1. The van der Waals surface area contributed by atoms with Crippen molar-refractivity contribution in [2.75, 3.05) is 11.9 Å². The second-order valence-electron chi connectivity index (χ2n) is 5.34. The van der Waals surface area contributed by atoms with Crippen LogP contribution in [0.3, 0.4) is 0 Å². The third-order valence-electron chi connectivity index (χ3n) is 4.05. The summed E-state index contributed by atoms with van der Waals surface area (Å²) in [7, 11) is 0. The lowest BCUT2D eigenvalue weighted by Gasteiger charge is -2.17. The summed E-state index contributed by atoms with van der Waals surface area (Å²) in [6.07, 6.45) is 3.05. The second kappa shape index (κ2) is 6.01. The van der Waals surface area contributed by atoms with Gasteiger partial charge in [0, 0.05) is 17.2 Å². The van der Waals surface area contributed by atoms with Crippen molar-refractivity contribution in [1.82, 2.24) is 20.6 Å². The Bertz CT molecular complexity index is 594. The van der Waals surface area contributed by atoms with Gasteiger partial charge in [0.1, 0.15) is 0 Å². The number of tetrazole rings is 1. The predicted molar refractivity (Wildman–Crippen MR) is 78.1 cm³/mol. The lowest BCUT2D eigenvalue weighted by atomic mass is 9.95. The minimum absolute atomic E-state index is 0.0342. The van der Waals surface area contributed by atoms with Crippen molar-refractivity contribution in [3.05, 3.63) is 24.3 Å². The summed E-state index contributed by atoms with van der Waals surface area (Å²) in [6, 6.07) is 7.40. The summed E-state index contributed by atoms with van der Waals surface area (Å²) in [6.45, 7) is 0.578. The molecule has 4 N–H and O–H groups in total. The lowest BCUT2D eigenvalue weighted by molar-refractivity contribution is -0.120. The third kappa shape index (κ3) is 2.92. The van der Waals surface area contributed by atoms with Crippen molar-refractivity contribution >= 4 is 11.6 Å². The molecule has 3 rings (SSSR count). The predicted octanol–water partition coefficient (Wildman–Crippen LogP) is 1.18. The zero-order valence-corrected chi connectivity index (χ0v) is 11.6. The van der Waals surface area contributed by atoms with Crippen molar-refractivity contribution < 1.29 is 4.79 Å². The van der Waals surface area contributed by atoms with Gasteiger partial charge in [-0.1, -0.05) is 6.42 Å². The van der Waals surface area contributed by atoms with E-state index in [2.05, 4.69) is 25.9 Å². The molecule has 7 nitrogen and oxygen atoms in total. The van der Waals surface area contributed by atoms with Gasteiger partial charge in [-0.3, -0.25) is 4.79 Å². The maximum atomic E-state index is 12.3. The Morgan fingerprint density at radius 2 is 2.14 bits per heavy atom. The maximum Gasteiger partial charge on any atom is 0.227 e. The molecule has 0 aliphatic heterocycles. The van der Waals surface area contributed by atoms with E-state index in [0.29, 0.717) is 18.3 Å². The van der Waals surface area contributed by atoms with Crippen LogP contribution in [-0.4, -0.2) is 33.1 Å². The third-order valence-corrected chi connectivity index (χ3v) is 4.05. The largest absolute Gasteiger partial charge is 0.330 e. The number of hydrogen-bond acceptors (Lipinski definition) is 5. The van der Waals surface area contributed by atoms with Gasteiger partial charge in [0.2, 0.25) is 11.7 Å². The van der Waals surface area contributed by atoms with Crippen molar-refractivity contribution in [3.8, 4) is 11.4 Å². The van der Waals surface area contributed by atoms with E-state index in [9.17, 15) is 4.79 Å². The molecule has 1 amide bonds. The minimum Gasteiger partial charge on any atom is -0.330 e. The molecular weight excluding hydrogens is 268 g/mol. The molecule has 0 bridgehead atoms. The first-order valence-electron chi connectivity index (χ1n) is 7.12. The summed E-state index contributed by atoms with van der Waals surface area (Å²) >= 11 is 0. The molecule has 1 saturated carbocycles. The van der Waals surface area contributed by atoms with Gasteiger partial charge in [-0.2, -0.15) is 5.21 Å². The van der Waals surface area contributed by atoms with Crippen LogP contribution < -0.4 is 11.1 Å². The molecule has 1 heterocycles. The van der Waals surface area contributed by atoms with E-state index in [0.717, 1.165) is 30.5 Å². The van der Waals surface area contributed by atoms with E-state index < -0.39 is 0 Å². The van der Waals surface area contributed by atoms with E-state index in [1.807, 2.05) is 24.3 Å². The first-order valence-corrected chi connectivity index (χ1v) is 7.12. The molecule has 7 heteroatoms. The SMILES string of the molecule is NC[C@H]1CCC[C@H]1C(=O)Nc1ccc(-c2nn[nH]n2)cc1. The molecule has 0 spiro atoms. The summed E-state index contributed by atoms with van der Waals surface area (Å²) < 4.78 is 0. The van der Waals surface area contributed by atoms with Crippen LogP contribution in [0.2, 0.25) is 0 Å². The molecule has 2 atom stereocenters. The number of nitrogens with two attached hydrogens (primary N) is 1. The average molecular weight is 286 g/mol. The van der Waals surface area contributed by atoms with Crippen molar-refractivity contribution in [2.45, 2.75) is 19.3 Å². The van der Waals surface area contributed by atoms with Crippen LogP contribution in [0.4, 0.5) is 5.69 Å². The number of rotatable bonds is 4. The number of H-pyrrole nitrogens is 1. The summed E-state index contributed by atoms with van der Waals surface area (Å²) in [4.78, 5) is 12.3. The molecule has 0 radical (unpaired) electrons. The summed E-state index contributed by atoms with van der Waals surface area (Å²) in [5.74, 6) is 0.942. The highest BCUT2D eigenvalue weighted by atomic mass is 16.1. The highest BCUT2D eigenvalue weighted by molar-refractivity contribution is 5.93. The Labute approximate surface area is 122 Å². The van der Waals surface area contributed by atoms with Crippen LogP contribution in [-0.2, 0) is 4.79 Å². The zero-order chi connectivity index (χ0) is 14.7. The fourth-order valence-corrected chi connectivity index (χ4v) is 2.89. The van der Waals surface area contributed by atoms with Gasteiger partial charge >= 0.3 is 0 Å². The van der Waals surface area contributed by atoms with E-state index >= 15 is 0 Å². The van der Waals surface area contributed by atoms with Crippen LogP contribution in [0.15, 0.2) is 24.3 Å². The van der Waals surface area contributed by atoms with E-state index in [-0.39, 0.29) is 11.8 Å². The van der Waals surface area contributed by atoms with Crippen LogP contribution in [0.5, 0.6) is 0 Å². The number of carbonyl (C=O) groups excluding carboxylic acids is 1. The molecule has 0 saturated heterocycles. The smallest absolute Gasteiger partial charge is 0.227 e. The summed E-state index contributed by atoms with van der Waals surface area (Å²) in [5.41, 5.74) is 7.35. The molecule has 1 aromatic heterocycles. The van der Waals surface area contributed by atoms with Gasteiger partial charge in [0.25, 0.3) is 0 Å². The zero-order valence-electron chi connectivity index (χ0n) is 11.6. The number of nitrogens with one attached hydrogen (secondary N) is 2. The van der Waals surface area contributed by atoms with E-state index in [1.165, 1.54) is 0 Å². The molecule has 1 aliphatic carbocycles. The number of aromatic nitrogens is 4. The van der Waals surface area contributed by atoms with Gasteiger partial charge in [-0.05, 0) is 54.8 Å².